The average Bonchev–Trinajstić information content (AvgIpc) is 2.41. The predicted octanol–water partition coefficient (Wildman–Crippen LogP) is 3.74. The third-order valence-corrected chi connectivity index (χ3v) is 4.38. The first-order valence-electron chi connectivity index (χ1n) is 3.31. The Balaban J connectivity index is 2.96. The van der Waals surface area contributed by atoms with Gasteiger partial charge in [-0.25, -0.2) is 0 Å². The van der Waals surface area contributed by atoms with Gasteiger partial charge in [-0.2, -0.15) is 0 Å². The highest BCUT2D eigenvalue weighted by Crippen LogP contribution is 2.35. The first-order chi connectivity index (χ1) is 5.70. The lowest BCUT2D eigenvalue weighted by Gasteiger charge is -1.98. The van der Waals surface area contributed by atoms with Crippen LogP contribution < -0.4 is 5.73 Å². The number of rotatable bonds is 0. The van der Waals surface area contributed by atoms with E-state index in [9.17, 15) is 0 Å². The minimum atomic E-state index is 0.771. The Hall–Kier alpha value is -0.000000000000000111. The lowest BCUT2D eigenvalue weighted by molar-refractivity contribution is 1.76. The van der Waals surface area contributed by atoms with Crippen LogP contribution in [0.4, 0.5) is 5.69 Å². The molecule has 2 aromatic rings. The molecule has 1 aromatic carbocycles. The van der Waals surface area contributed by atoms with Gasteiger partial charge in [0.1, 0.15) is 0 Å². The van der Waals surface area contributed by atoms with E-state index in [2.05, 4.69) is 22.6 Å². The van der Waals surface area contributed by atoms with E-state index in [0.717, 1.165) is 19.7 Å². The van der Waals surface area contributed by atoms with Gasteiger partial charge in [-0.3, -0.25) is 0 Å². The van der Waals surface area contributed by atoms with E-state index in [1.54, 1.807) is 11.3 Å². The molecule has 0 bridgehead atoms. The van der Waals surface area contributed by atoms with Gasteiger partial charge >= 0.3 is 0 Å². The number of hydrogen-bond donors (Lipinski definition) is 1. The van der Waals surface area contributed by atoms with Crippen molar-refractivity contribution in [2.24, 2.45) is 0 Å². The molecule has 0 aliphatic carbocycles. The van der Waals surface area contributed by atoms with Crippen LogP contribution in [0.15, 0.2) is 17.5 Å². The van der Waals surface area contributed by atoms with Gasteiger partial charge in [0, 0.05) is 19.0 Å². The number of thiophene rings is 1. The largest absolute Gasteiger partial charge is 0.398 e. The Morgan fingerprint density at radius 1 is 1.42 bits per heavy atom. The summed E-state index contributed by atoms with van der Waals surface area (Å²) < 4.78 is 2.24. The quantitative estimate of drug-likeness (QED) is 0.737. The number of nitrogens with two attached hydrogens (primary N) is 1. The van der Waals surface area contributed by atoms with E-state index in [1.165, 1.54) is 4.70 Å². The Morgan fingerprint density at radius 3 is 2.92 bits per heavy atom. The molecule has 0 aliphatic heterocycles. The topological polar surface area (TPSA) is 26.0 Å². The van der Waals surface area contributed by atoms with Gasteiger partial charge in [-0.15, -0.1) is 11.3 Å². The molecule has 0 aliphatic rings. The number of hydrogen-bond acceptors (Lipinski definition) is 2. The van der Waals surface area contributed by atoms with E-state index >= 15 is 0 Å². The maximum atomic E-state index is 5.96. The molecule has 2 N–H and O–H groups in total. The Morgan fingerprint density at radius 2 is 2.17 bits per heavy atom. The lowest BCUT2D eigenvalue weighted by atomic mass is 10.2. The monoisotopic (exact) mass is 309 g/mol. The first-order valence-corrected chi connectivity index (χ1v) is 5.64. The van der Waals surface area contributed by atoms with Crippen LogP contribution >= 0.6 is 45.5 Å². The summed E-state index contributed by atoms with van der Waals surface area (Å²) in [6.45, 7) is 0. The third kappa shape index (κ3) is 1.20. The average molecular weight is 310 g/mol. The van der Waals surface area contributed by atoms with Crippen molar-refractivity contribution in [3.8, 4) is 0 Å². The van der Waals surface area contributed by atoms with E-state index in [0.29, 0.717) is 0 Å². The molecular weight excluding hydrogens is 305 g/mol. The Bertz CT molecular complexity index is 438. The summed E-state index contributed by atoms with van der Waals surface area (Å²) in [5.74, 6) is 0. The zero-order valence-electron chi connectivity index (χ0n) is 5.97. The SMILES string of the molecule is Nc1csc2ccc(Cl)c(I)c12. The number of benzene rings is 1. The molecule has 0 saturated carbocycles. The molecule has 1 heterocycles. The fraction of sp³-hybridized carbons (Fsp3) is 0. The van der Waals surface area contributed by atoms with Gasteiger partial charge in [0.25, 0.3) is 0 Å². The molecule has 0 spiro atoms. The minimum absolute atomic E-state index is 0.771. The molecule has 0 radical (unpaired) electrons. The molecule has 0 atom stereocenters. The standard InChI is InChI=1S/C8H5ClINS/c9-4-1-2-6-7(8(4)10)5(11)3-12-6/h1-3H,11H2. The van der Waals surface area contributed by atoms with Gasteiger partial charge in [-0.1, -0.05) is 11.6 Å². The van der Waals surface area contributed by atoms with Crippen LogP contribution in [0.1, 0.15) is 0 Å². The second-order valence-electron chi connectivity index (χ2n) is 2.43. The number of fused-ring (bicyclic) bond motifs is 1. The van der Waals surface area contributed by atoms with Crippen LogP contribution in [0.5, 0.6) is 0 Å². The summed E-state index contributed by atoms with van der Waals surface area (Å²) in [5, 5.41) is 3.81. The summed E-state index contributed by atoms with van der Waals surface area (Å²) in [7, 11) is 0. The van der Waals surface area contributed by atoms with E-state index < -0.39 is 0 Å². The highest BCUT2D eigenvalue weighted by atomic mass is 127. The third-order valence-electron chi connectivity index (χ3n) is 1.66. The molecular formula is C8H5ClINS. The molecule has 0 fully saturated rings. The molecule has 2 rings (SSSR count). The van der Waals surface area contributed by atoms with Gasteiger partial charge in [0.15, 0.2) is 0 Å². The molecule has 12 heavy (non-hydrogen) atoms. The molecule has 62 valence electrons. The van der Waals surface area contributed by atoms with E-state index in [1.807, 2.05) is 17.5 Å². The molecule has 1 aromatic heterocycles. The minimum Gasteiger partial charge on any atom is -0.398 e. The fourth-order valence-electron chi connectivity index (χ4n) is 1.09. The fourth-order valence-corrected chi connectivity index (χ4v) is 3.06. The summed E-state index contributed by atoms with van der Waals surface area (Å²) in [6.07, 6.45) is 0. The van der Waals surface area contributed by atoms with E-state index in [4.69, 9.17) is 17.3 Å². The predicted molar refractivity (Wildman–Crippen MR) is 64.0 cm³/mol. The first kappa shape index (κ1) is 8.59. The zero-order chi connectivity index (χ0) is 8.72. The van der Waals surface area contributed by atoms with Crippen molar-refractivity contribution in [1.82, 2.24) is 0 Å². The molecule has 4 heteroatoms. The van der Waals surface area contributed by atoms with Crippen molar-refractivity contribution in [3.05, 3.63) is 26.1 Å². The molecule has 1 nitrogen and oxygen atoms in total. The van der Waals surface area contributed by atoms with Crippen molar-refractivity contribution in [2.45, 2.75) is 0 Å². The second kappa shape index (κ2) is 3.05. The summed E-state index contributed by atoms with van der Waals surface area (Å²) in [4.78, 5) is 0. The van der Waals surface area contributed by atoms with Crippen LogP contribution in [-0.2, 0) is 0 Å². The van der Waals surface area contributed by atoms with E-state index in [-0.39, 0.29) is 0 Å². The summed E-state index contributed by atoms with van der Waals surface area (Å²) >= 11 is 9.83. The number of halogens is 2. The summed E-state index contributed by atoms with van der Waals surface area (Å²) in [5.41, 5.74) is 6.61. The van der Waals surface area contributed by atoms with Crippen molar-refractivity contribution in [1.29, 1.82) is 0 Å². The van der Waals surface area contributed by atoms with Gasteiger partial charge in [0.05, 0.1) is 10.7 Å². The van der Waals surface area contributed by atoms with Gasteiger partial charge in [0.2, 0.25) is 0 Å². The van der Waals surface area contributed by atoms with Gasteiger partial charge in [-0.05, 0) is 34.7 Å². The summed E-state index contributed by atoms with van der Waals surface area (Å²) in [6, 6.07) is 3.91. The lowest BCUT2D eigenvalue weighted by Crippen LogP contribution is -1.83. The van der Waals surface area contributed by atoms with Crippen LogP contribution in [0.25, 0.3) is 10.1 Å². The molecule has 0 unspecified atom stereocenters. The molecule has 0 amide bonds. The second-order valence-corrected chi connectivity index (χ2v) is 4.82. The van der Waals surface area contributed by atoms with Crippen molar-refractivity contribution >= 4 is 61.3 Å². The molecule has 0 saturated heterocycles. The number of anilines is 1. The Kier molecular flexibility index (Phi) is 2.18. The highest BCUT2D eigenvalue weighted by molar-refractivity contribution is 14.1. The van der Waals surface area contributed by atoms with Gasteiger partial charge < -0.3 is 5.73 Å². The van der Waals surface area contributed by atoms with Crippen LogP contribution in [0.3, 0.4) is 0 Å². The Labute approximate surface area is 92.7 Å². The number of nitrogen functional groups attached to an aromatic ring is 1. The smallest absolute Gasteiger partial charge is 0.0547 e. The maximum Gasteiger partial charge on any atom is 0.0547 e. The van der Waals surface area contributed by atoms with Crippen LogP contribution in [0.2, 0.25) is 5.02 Å². The normalized spacial score (nSPS) is 10.8. The van der Waals surface area contributed by atoms with Crippen molar-refractivity contribution in [2.75, 3.05) is 5.73 Å². The maximum absolute atomic E-state index is 5.96. The van der Waals surface area contributed by atoms with Crippen molar-refractivity contribution in [3.63, 3.8) is 0 Å². The van der Waals surface area contributed by atoms with Crippen LogP contribution in [0, 0.1) is 3.57 Å². The highest BCUT2D eigenvalue weighted by Gasteiger charge is 2.07. The van der Waals surface area contributed by atoms with Crippen molar-refractivity contribution < 1.29 is 0 Å². The zero-order valence-corrected chi connectivity index (χ0v) is 9.70. The van der Waals surface area contributed by atoms with Crippen LogP contribution in [-0.4, -0.2) is 0 Å².